The molecule has 0 aromatic heterocycles. The lowest BCUT2D eigenvalue weighted by Gasteiger charge is -2.33. The van der Waals surface area contributed by atoms with Crippen LogP contribution in [0.15, 0.2) is 40.9 Å². The minimum atomic E-state index is -1.82. The predicted octanol–water partition coefficient (Wildman–Crippen LogP) is 3.35. The molecule has 1 saturated heterocycles. The molecule has 3 N–H and O–H groups in total. The largest absolute Gasteiger partial charge is 0.493 e. The van der Waals surface area contributed by atoms with E-state index in [0.29, 0.717) is 41.9 Å². The summed E-state index contributed by atoms with van der Waals surface area (Å²) in [5.41, 5.74) is 1.63. The number of carbonyl (C=O) groups excluding carboxylic acids is 1. The summed E-state index contributed by atoms with van der Waals surface area (Å²) < 4.78 is 17.1. The third kappa shape index (κ3) is 7.27. The fourth-order valence-electron chi connectivity index (χ4n) is 3.40. The number of methoxy groups -OCH3 is 3. The molecule has 34 heavy (non-hydrogen) atoms. The maximum Gasteiger partial charge on any atom is 0.414 e. The van der Waals surface area contributed by atoms with Gasteiger partial charge in [-0.1, -0.05) is 15.9 Å². The van der Waals surface area contributed by atoms with Crippen molar-refractivity contribution < 1.29 is 38.8 Å². The van der Waals surface area contributed by atoms with Gasteiger partial charge in [-0.05, 0) is 49.2 Å². The Morgan fingerprint density at radius 1 is 0.912 bits per heavy atom. The van der Waals surface area contributed by atoms with E-state index in [4.69, 9.17) is 34.0 Å². The number of likely N-dealkylation sites (tertiary alicyclic amines) is 1. The number of carboxylic acids is 2. The topological polar surface area (TPSA) is 135 Å². The van der Waals surface area contributed by atoms with E-state index < -0.39 is 11.9 Å². The Balaban J connectivity index is 0.000000604. The first kappa shape index (κ1) is 26.8. The summed E-state index contributed by atoms with van der Waals surface area (Å²) >= 11 is 3.45. The highest BCUT2D eigenvalue weighted by atomic mass is 79.9. The lowest BCUT2D eigenvalue weighted by Crippen LogP contribution is -2.42. The molecular formula is C23H27BrN2O8. The second-order valence-corrected chi connectivity index (χ2v) is 8.16. The number of amides is 1. The fraction of sp³-hybridized carbons (Fsp3) is 0.348. The van der Waals surface area contributed by atoms with Crippen LogP contribution in [0.3, 0.4) is 0 Å². The summed E-state index contributed by atoms with van der Waals surface area (Å²) in [4.78, 5) is 33.1. The number of nitrogens with one attached hydrogen (secondary N) is 1. The van der Waals surface area contributed by atoms with Crippen LogP contribution in [-0.2, 0) is 9.59 Å². The van der Waals surface area contributed by atoms with Crippen molar-refractivity contribution in [2.45, 2.75) is 18.9 Å². The Bertz CT molecular complexity index is 968. The number of nitrogens with zero attached hydrogens (tertiary/aromatic N) is 1. The highest BCUT2D eigenvalue weighted by Gasteiger charge is 2.25. The molecule has 2 aromatic carbocycles. The second kappa shape index (κ2) is 12.7. The average Bonchev–Trinajstić information content (AvgIpc) is 2.84. The Morgan fingerprint density at radius 3 is 1.82 bits per heavy atom. The quantitative estimate of drug-likeness (QED) is 0.473. The van der Waals surface area contributed by atoms with Gasteiger partial charge in [0.05, 0.1) is 21.3 Å². The van der Waals surface area contributed by atoms with Crippen molar-refractivity contribution in [2.75, 3.05) is 39.7 Å². The minimum absolute atomic E-state index is 0.0265. The van der Waals surface area contributed by atoms with E-state index in [1.54, 1.807) is 33.5 Å². The van der Waals surface area contributed by atoms with E-state index in [1.807, 2.05) is 17.0 Å². The van der Waals surface area contributed by atoms with Crippen LogP contribution in [0.5, 0.6) is 17.2 Å². The number of anilines is 1. The van der Waals surface area contributed by atoms with Crippen molar-refractivity contribution in [2.24, 2.45) is 0 Å². The lowest BCUT2D eigenvalue weighted by atomic mass is 10.0. The molecule has 0 spiro atoms. The molecule has 0 bridgehead atoms. The third-order valence-electron chi connectivity index (χ3n) is 5.09. The molecule has 3 rings (SSSR count). The van der Waals surface area contributed by atoms with Crippen LogP contribution in [0.1, 0.15) is 23.2 Å². The standard InChI is InChI=1S/C21H25BrN2O4.C2H2O4/c1-26-18-12-14(13-19(27-2)20(18)28-3)21(25)24-10-8-17(9-11-24)23-16-6-4-15(22)5-7-16;3-1(4)2(5)6/h4-7,12-13,17,23H,8-11H2,1-3H3;(H,3,4)(H,5,6). The van der Waals surface area contributed by atoms with Crippen LogP contribution in [0.25, 0.3) is 0 Å². The Labute approximate surface area is 205 Å². The van der Waals surface area contributed by atoms with Gasteiger partial charge in [0.2, 0.25) is 5.75 Å². The monoisotopic (exact) mass is 538 g/mol. The normalized spacial score (nSPS) is 13.2. The summed E-state index contributed by atoms with van der Waals surface area (Å²) in [6.07, 6.45) is 1.79. The van der Waals surface area contributed by atoms with E-state index >= 15 is 0 Å². The molecule has 1 heterocycles. The molecule has 0 radical (unpaired) electrons. The maximum absolute atomic E-state index is 13.0. The maximum atomic E-state index is 13.0. The number of aliphatic carboxylic acids is 2. The SMILES string of the molecule is COc1cc(C(=O)N2CCC(Nc3ccc(Br)cc3)CC2)cc(OC)c1OC.O=C(O)C(=O)O. The van der Waals surface area contributed by atoms with Crippen molar-refractivity contribution in [1.29, 1.82) is 0 Å². The van der Waals surface area contributed by atoms with Gasteiger partial charge in [-0.15, -0.1) is 0 Å². The van der Waals surface area contributed by atoms with Gasteiger partial charge in [-0.2, -0.15) is 0 Å². The molecule has 1 aliphatic heterocycles. The zero-order valence-electron chi connectivity index (χ0n) is 19.0. The molecule has 11 heteroatoms. The molecule has 0 atom stereocenters. The molecule has 1 amide bonds. The van der Waals surface area contributed by atoms with E-state index in [0.717, 1.165) is 23.0 Å². The predicted molar refractivity (Wildman–Crippen MR) is 128 cm³/mol. The van der Waals surface area contributed by atoms with Gasteiger partial charge in [0.15, 0.2) is 11.5 Å². The molecule has 10 nitrogen and oxygen atoms in total. The minimum Gasteiger partial charge on any atom is -0.493 e. The number of hydrogen-bond donors (Lipinski definition) is 3. The number of piperidine rings is 1. The number of carbonyl (C=O) groups is 3. The fourth-order valence-corrected chi connectivity index (χ4v) is 3.66. The number of ether oxygens (including phenoxy) is 3. The van der Waals surface area contributed by atoms with Crippen molar-refractivity contribution >= 4 is 39.5 Å². The van der Waals surface area contributed by atoms with Gasteiger partial charge < -0.3 is 34.6 Å². The smallest absolute Gasteiger partial charge is 0.414 e. The highest BCUT2D eigenvalue weighted by molar-refractivity contribution is 9.10. The lowest BCUT2D eigenvalue weighted by molar-refractivity contribution is -0.159. The molecule has 1 fully saturated rings. The molecule has 0 aliphatic carbocycles. The molecule has 2 aromatic rings. The molecule has 184 valence electrons. The van der Waals surface area contributed by atoms with Crippen molar-refractivity contribution in [1.82, 2.24) is 4.90 Å². The van der Waals surface area contributed by atoms with Crippen molar-refractivity contribution in [3.8, 4) is 17.2 Å². The molecule has 0 unspecified atom stereocenters. The highest BCUT2D eigenvalue weighted by Crippen LogP contribution is 2.38. The molecule has 0 saturated carbocycles. The summed E-state index contributed by atoms with van der Waals surface area (Å²) in [6.45, 7) is 1.40. The van der Waals surface area contributed by atoms with Gasteiger partial charge in [-0.25, -0.2) is 9.59 Å². The Hall–Kier alpha value is -3.47. The third-order valence-corrected chi connectivity index (χ3v) is 5.62. The summed E-state index contributed by atoms with van der Waals surface area (Å²) in [6, 6.07) is 11.9. The van der Waals surface area contributed by atoms with Crippen molar-refractivity contribution in [3.63, 3.8) is 0 Å². The van der Waals surface area contributed by atoms with Gasteiger partial charge in [0.1, 0.15) is 0 Å². The van der Waals surface area contributed by atoms with Gasteiger partial charge in [0, 0.05) is 34.9 Å². The number of halogens is 1. The van der Waals surface area contributed by atoms with Crippen LogP contribution in [0.2, 0.25) is 0 Å². The van der Waals surface area contributed by atoms with E-state index in [1.165, 1.54) is 0 Å². The molecule has 1 aliphatic rings. The van der Waals surface area contributed by atoms with Crippen molar-refractivity contribution in [3.05, 3.63) is 46.4 Å². The van der Waals surface area contributed by atoms with Crippen LogP contribution in [0, 0.1) is 0 Å². The van der Waals surface area contributed by atoms with E-state index in [2.05, 4.69) is 33.4 Å². The first-order valence-electron chi connectivity index (χ1n) is 10.3. The van der Waals surface area contributed by atoms with E-state index in [-0.39, 0.29) is 5.91 Å². The summed E-state index contributed by atoms with van der Waals surface area (Å²) in [7, 11) is 4.64. The van der Waals surface area contributed by atoms with Crippen LogP contribution in [-0.4, -0.2) is 73.4 Å². The van der Waals surface area contributed by atoms with Gasteiger partial charge >= 0.3 is 11.9 Å². The number of carboxylic acid groups (broad SMARTS) is 2. The Kier molecular flexibility index (Phi) is 9.99. The van der Waals surface area contributed by atoms with E-state index in [9.17, 15) is 4.79 Å². The second-order valence-electron chi connectivity index (χ2n) is 7.24. The van der Waals surface area contributed by atoms with Crippen LogP contribution < -0.4 is 19.5 Å². The first-order valence-corrected chi connectivity index (χ1v) is 11.1. The molecular weight excluding hydrogens is 512 g/mol. The average molecular weight is 539 g/mol. The number of benzene rings is 2. The Morgan fingerprint density at radius 2 is 1.41 bits per heavy atom. The summed E-state index contributed by atoms with van der Waals surface area (Å²) in [5.74, 6) is -2.22. The summed E-state index contributed by atoms with van der Waals surface area (Å²) in [5, 5.41) is 18.3. The number of hydrogen-bond acceptors (Lipinski definition) is 7. The first-order chi connectivity index (χ1) is 16.2. The number of rotatable bonds is 6. The zero-order chi connectivity index (χ0) is 25.3. The van der Waals surface area contributed by atoms with Crippen LogP contribution in [0.4, 0.5) is 5.69 Å². The zero-order valence-corrected chi connectivity index (χ0v) is 20.6. The van der Waals surface area contributed by atoms with Crippen LogP contribution >= 0.6 is 15.9 Å². The van der Waals surface area contributed by atoms with Gasteiger partial charge in [0.25, 0.3) is 5.91 Å². The van der Waals surface area contributed by atoms with Gasteiger partial charge in [-0.3, -0.25) is 4.79 Å².